The Balaban J connectivity index is 2.38. The van der Waals surface area contributed by atoms with E-state index in [4.69, 9.17) is 11.6 Å². The zero-order chi connectivity index (χ0) is 10.6. The topological polar surface area (TPSA) is 66.5 Å². The molecule has 0 unspecified atom stereocenters. The van der Waals surface area contributed by atoms with E-state index in [2.05, 4.69) is 5.32 Å². The van der Waals surface area contributed by atoms with Crippen LogP contribution in [-0.2, 0) is 15.6 Å². The van der Waals surface area contributed by atoms with Gasteiger partial charge in [-0.15, -0.1) is 11.6 Å². The van der Waals surface area contributed by atoms with E-state index in [-0.39, 0.29) is 5.88 Å². The van der Waals surface area contributed by atoms with Gasteiger partial charge in [0.15, 0.2) is 0 Å². The Morgan fingerprint density at radius 1 is 1.36 bits per heavy atom. The maximum absolute atomic E-state index is 11.3. The molecule has 0 aliphatic carbocycles. The van der Waals surface area contributed by atoms with Crippen LogP contribution in [0.3, 0.4) is 0 Å². The lowest BCUT2D eigenvalue weighted by Crippen LogP contribution is -2.48. The van der Waals surface area contributed by atoms with Crippen molar-refractivity contribution in [3.63, 3.8) is 0 Å². The van der Waals surface area contributed by atoms with Crippen LogP contribution >= 0.6 is 11.6 Å². The Morgan fingerprint density at radius 3 is 2.43 bits per heavy atom. The lowest BCUT2D eigenvalue weighted by atomic mass is 10.5. The second-order valence-electron chi connectivity index (χ2n) is 2.82. The normalized spacial score (nSPS) is 17.9. The predicted octanol–water partition coefficient (Wildman–Crippen LogP) is -0.474. The summed E-state index contributed by atoms with van der Waals surface area (Å²) in [6, 6.07) is -0.452. The molecule has 1 aliphatic rings. The highest BCUT2D eigenvalue weighted by Gasteiger charge is 2.20. The molecule has 1 N–H and O–H groups in total. The SMILES string of the molecule is O=C(CCl)NC(=O)N1CCS(=O)CC1. The molecule has 1 aliphatic heterocycles. The summed E-state index contributed by atoms with van der Waals surface area (Å²) in [5.74, 6) is 0.208. The summed E-state index contributed by atoms with van der Waals surface area (Å²) >= 11 is 5.23. The molecule has 0 atom stereocenters. The minimum atomic E-state index is -0.825. The third-order valence-electron chi connectivity index (χ3n) is 1.83. The monoisotopic (exact) mass is 238 g/mol. The first-order chi connectivity index (χ1) is 6.63. The number of nitrogens with one attached hydrogen (secondary N) is 1. The van der Waals surface area contributed by atoms with Crippen LogP contribution in [0.5, 0.6) is 0 Å². The van der Waals surface area contributed by atoms with E-state index < -0.39 is 22.7 Å². The minimum absolute atomic E-state index is 0.231. The Labute approximate surface area is 89.2 Å². The van der Waals surface area contributed by atoms with Gasteiger partial charge in [0.1, 0.15) is 5.88 Å². The summed E-state index contributed by atoms with van der Waals surface area (Å²) < 4.78 is 11.0. The molecule has 7 heteroatoms. The molecular weight excluding hydrogens is 228 g/mol. The van der Waals surface area contributed by atoms with Crippen molar-refractivity contribution in [2.24, 2.45) is 0 Å². The molecule has 0 spiro atoms. The number of amides is 3. The number of imide groups is 1. The zero-order valence-corrected chi connectivity index (χ0v) is 9.07. The average Bonchev–Trinajstić information content (AvgIpc) is 2.18. The summed E-state index contributed by atoms with van der Waals surface area (Å²) in [4.78, 5) is 23.6. The van der Waals surface area contributed by atoms with Gasteiger partial charge in [0, 0.05) is 35.4 Å². The van der Waals surface area contributed by atoms with Gasteiger partial charge in [0.2, 0.25) is 5.91 Å². The first kappa shape index (κ1) is 11.5. The Kier molecular flexibility index (Phi) is 4.34. The summed E-state index contributed by atoms with van der Waals surface area (Å²) in [6.45, 7) is 0.849. The maximum Gasteiger partial charge on any atom is 0.324 e. The molecule has 1 saturated heterocycles. The fraction of sp³-hybridized carbons (Fsp3) is 0.714. The number of carbonyl (C=O) groups is 2. The molecule has 80 valence electrons. The molecule has 3 amide bonds. The quantitative estimate of drug-likeness (QED) is 0.628. The number of hydrogen-bond donors (Lipinski definition) is 1. The smallest absolute Gasteiger partial charge is 0.323 e. The molecule has 1 rings (SSSR count). The van der Waals surface area contributed by atoms with Gasteiger partial charge >= 0.3 is 6.03 Å². The zero-order valence-electron chi connectivity index (χ0n) is 7.49. The van der Waals surface area contributed by atoms with Crippen LogP contribution in [0.4, 0.5) is 4.79 Å². The fourth-order valence-corrected chi connectivity index (χ4v) is 2.19. The van der Waals surface area contributed by atoms with Gasteiger partial charge in [-0.25, -0.2) is 4.79 Å². The highest BCUT2D eigenvalue weighted by Crippen LogP contribution is 1.99. The molecule has 0 aromatic heterocycles. The molecule has 0 aromatic carbocycles. The second kappa shape index (κ2) is 5.31. The fourth-order valence-electron chi connectivity index (χ4n) is 1.07. The van der Waals surface area contributed by atoms with Crippen molar-refractivity contribution < 1.29 is 13.8 Å². The van der Waals surface area contributed by atoms with Crippen LogP contribution in [0.1, 0.15) is 0 Å². The van der Waals surface area contributed by atoms with E-state index in [0.29, 0.717) is 24.6 Å². The first-order valence-electron chi connectivity index (χ1n) is 4.13. The summed E-state index contributed by atoms with van der Waals surface area (Å²) in [6.07, 6.45) is 0. The number of alkyl halides is 1. The van der Waals surface area contributed by atoms with E-state index in [9.17, 15) is 13.8 Å². The van der Waals surface area contributed by atoms with E-state index in [0.717, 1.165) is 0 Å². The van der Waals surface area contributed by atoms with E-state index in [1.165, 1.54) is 4.90 Å². The van der Waals surface area contributed by atoms with Crippen molar-refractivity contribution in [1.82, 2.24) is 10.2 Å². The van der Waals surface area contributed by atoms with Crippen LogP contribution in [0.15, 0.2) is 0 Å². The molecule has 0 aromatic rings. The maximum atomic E-state index is 11.3. The first-order valence-corrected chi connectivity index (χ1v) is 6.15. The van der Waals surface area contributed by atoms with Crippen LogP contribution in [0, 0.1) is 0 Å². The number of rotatable bonds is 1. The predicted molar refractivity (Wildman–Crippen MR) is 53.7 cm³/mol. The van der Waals surface area contributed by atoms with E-state index in [1.807, 2.05) is 0 Å². The third kappa shape index (κ3) is 3.26. The molecule has 0 bridgehead atoms. The average molecular weight is 239 g/mol. The number of nitrogens with zero attached hydrogens (tertiary/aromatic N) is 1. The van der Waals surface area contributed by atoms with Crippen molar-refractivity contribution in [2.45, 2.75) is 0 Å². The Hall–Kier alpha value is -0.620. The number of urea groups is 1. The van der Waals surface area contributed by atoms with Gasteiger partial charge in [0.25, 0.3) is 0 Å². The highest BCUT2D eigenvalue weighted by molar-refractivity contribution is 7.85. The van der Waals surface area contributed by atoms with Crippen LogP contribution in [0.25, 0.3) is 0 Å². The van der Waals surface area contributed by atoms with Gasteiger partial charge in [-0.1, -0.05) is 0 Å². The molecule has 1 heterocycles. The third-order valence-corrected chi connectivity index (χ3v) is 3.35. The lowest BCUT2D eigenvalue weighted by molar-refractivity contribution is -0.117. The van der Waals surface area contributed by atoms with Crippen molar-refractivity contribution in [3.05, 3.63) is 0 Å². The second-order valence-corrected chi connectivity index (χ2v) is 4.79. The van der Waals surface area contributed by atoms with Crippen molar-refractivity contribution in [3.8, 4) is 0 Å². The summed E-state index contributed by atoms with van der Waals surface area (Å²) in [7, 11) is -0.825. The lowest BCUT2D eigenvalue weighted by Gasteiger charge is -2.25. The van der Waals surface area contributed by atoms with Crippen molar-refractivity contribution >= 4 is 34.3 Å². The van der Waals surface area contributed by atoms with Crippen molar-refractivity contribution in [1.29, 1.82) is 0 Å². The van der Waals surface area contributed by atoms with E-state index in [1.54, 1.807) is 0 Å². The number of carbonyl (C=O) groups excluding carboxylic acids is 2. The Bertz CT molecular complexity index is 262. The van der Waals surface area contributed by atoms with Gasteiger partial charge in [-0.3, -0.25) is 14.3 Å². The van der Waals surface area contributed by atoms with Crippen LogP contribution in [0.2, 0.25) is 0 Å². The Morgan fingerprint density at radius 2 is 1.93 bits per heavy atom. The van der Waals surface area contributed by atoms with Gasteiger partial charge < -0.3 is 4.90 Å². The van der Waals surface area contributed by atoms with Crippen LogP contribution < -0.4 is 5.32 Å². The molecule has 1 fully saturated rings. The van der Waals surface area contributed by atoms with Gasteiger partial charge in [-0.05, 0) is 0 Å². The summed E-state index contributed by atoms with van der Waals surface area (Å²) in [5, 5.41) is 2.13. The molecule has 0 radical (unpaired) electrons. The molecule has 0 saturated carbocycles. The standard InChI is InChI=1S/C7H11ClN2O3S/c8-5-6(11)9-7(12)10-1-3-14(13)4-2-10/h1-5H2,(H,9,11,12). The van der Waals surface area contributed by atoms with Gasteiger partial charge in [0.05, 0.1) is 0 Å². The largest absolute Gasteiger partial charge is 0.324 e. The van der Waals surface area contributed by atoms with Gasteiger partial charge in [-0.2, -0.15) is 0 Å². The molecule has 5 nitrogen and oxygen atoms in total. The molecular formula is C7H11ClN2O3S. The van der Waals surface area contributed by atoms with Crippen LogP contribution in [-0.4, -0.2) is 51.5 Å². The number of halogens is 1. The van der Waals surface area contributed by atoms with E-state index >= 15 is 0 Å². The molecule has 14 heavy (non-hydrogen) atoms. The minimum Gasteiger partial charge on any atom is -0.323 e. The number of hydrogen-bond acceptors (Lipinski definition) is 3. The van der Waals surface area contributed by atoms with Crippen molar-refractivity contribution in [2.75, 3.05) is 30.5 Å². The highest BCUT2D eigenvalue weighted by atomic mass is 35.5. The summed E-state index contributed by atoms with van der Waals surface area (Å²) in [5.41, 5.74) is 0.